The second kappa shape index (κ2) is 4.50. The number of hydrogen-bond acceptors (Lipinski definition) is 5. The van der Waals surface area contributed by atoms with Crippen molar-refractivity contribution in [3.63, 3.8) is 0 Å². The minimum Gasteiger partial charge on any atom is -0.748 e. The summed E-state index contributed by atoms with van der Waals surface area (Å²) >= 11 is 0. The van der Waals surface area contributed by atoms with Crippen molar-refractivity contribution in [2.24, 2.45) is 0 Å². The van der Waals surface area contributed by atoms with Gasteiger partial charge in [-0.15, -0.1) is 0 Å². The van der Waals surface area contributed by atoms with Crippen LogP contribution < -0.4 is 29.6 Å². The van der Waals surface area contributed by atoms with E-state index in [2.05, 4.69) is 0 Å². The third-order valence-electron chi connectivity index (χ3n) is 3.00. The first-order valence-electron chi connectivity index (χ1n) is 5.01. The third-order valence-corrected chi connectivity index (χ3v) is 4.64. The van der Waals surface area contributed by atoms with Gasteiger partial charge in [0, 0.05) is 0 Å². The van der Waals surface area contributed by atoms with Gasteiger partial charge >= 0.3 is 29.6 Å². The van der Waals surface area contributed by atoms with Crippen molar-refractivity contribution in [1.82, 2.24) is 0 Å². The Labute approximate surface area is 118 Å². The monoisotopic (exact) mass is 258 g/mol. The maximum absolute atomic E-state index is 11.0. The summed E-state index contributed by atoms with van der Waals surface area (Å²) in [4.78, 5) is 0. The molecule has 2 fully saturated rings. The van der Waals surface area contributed by atoms with Crippen molar-refractivity contribution in [2.45, 2.75) is 49.7 Å². The summed E-state index contributed by atoms with van der Waals surface area (Å²) in [7, 11) is -4.20. The van der Waals surface area contributed by atoms with E-state index in [1.807, 2.05) is 0 Å². The van der Waals surface area contributed by atoms with Crippen molar-refractivity contribution in [3.05, 3.63) is 0 Å². The Morgan fingerprint density at radius 1 is 1.38 bits per heavy atom. The SMILES string of the molecule is CC1(C)OC[C@@H](CC2(S(=O)(=O)[O-])CC2)O1.[Na+]. The van der Waals surface area contributed by atoms with Crippen LogP contribution in [0.2, 0.25) is 0 Å². The van der Waals surface area contributed by atoms with Crippen molar-refractivity contribution < 1.29 is 52.0 Å². The Morgan fingerprint density at radius 2 is 1.94 bits per heavy atom. The van der Waals surface area contributed by atoms with E-state index < -0.39 is 20.7 Å². The molecular weight excluding hydrogens is 243 g/mol. The predicted octanol–water partition coefficient (Wildman–Crippen LogP) is -2.39. The van der Waals surface area contributed by atoms with Gasteiger partial charge in [0.25, 0.3) is 0 Å². The smallest absolute Gasteiger partial charge is 0.748 e. The van der Waals surface area contributed by atoms with E-state index in [1.165, 1.54) is 0 Å². The molecule has 16 heavy (non-hydrogen) atoms. The minimum absolute atomic E-state index is 0. The molecule has 1 saturated heterocycles. The molecule has 0 bridgehead atoms. The van der Waals surface area contributed by atoms with Crippen LogP contribution in [-0.2, 0) is 19.6 Å². The van der Waals surface area contributed by atoms with Gasteiger partial charge in [-0.25, -0.2) is 8.42 Å². The average molecular weight is 258 g/mol. The molecule has 0 unspecified atom stereocenters. The van der Waals surface area contributed by atoms with Crippen LogP contribution in [0.15, 0.2) is 0 Å². The Kier molecular flexibility index (Phi) is 4.18. The second-order valence-corrected chi connectivity index (χ2v) is 6.57. The van der Waals surface area contributed by atoms with Gasteiger partial charge in [-0.3, -0.25) is 0 Å². The second-order valence-electron chi connectivity index (χ2n) is 4.79. The molecule has 1 heterocycles. The topological polar surface area (TPSA) is 75.7 Å². The maximum Gasteiger partial charge on any atom is 1.00 e. The quantitative estimate of drug-likeness (QED) is 0.417. The molecule has 1 aliphatic heterocycles. The number of rotatable bonds is 3. The van der Waals surface area contributed by atoms with Crippen LogP contribution in [0.3, 0.4) is 0 Å². The first-order chi connectivity index (χ1) is 6.74. The van der Waals surface area contributed by atoms with E-state index in [-0.39, 0.29) is 42.1 Å². The van der Waals surface area contributed by atoms with Crippen molar-refractivity contribution >= 4 is 10.1 Å². The number of hydrogen-bond donors (Lipinski definition) is 0. The minimum atomic E-state index is -4.20. The molecule has 88 valence electrons. The van der Waals surface area contributed by atoms with E-state index in [0.29, 0.717) is 19.4 Å². The van der Waals surface area contributed by atoms with Gasteiger partial charge in [0.1, 0.15) is 10.1 Å². The first-order valence-corrected chi connectivity index (χ1v) is 6.42. The molecule has 2 aliphatic rings. The molecule has 7 heteroatoms. The van der Waals surface area contributed by atoms with Crippen LogP contribution in [0.1, 0.15) is 33.1 Å². The van der Waals surface area contributed by atoms with Crippen LogP contribution in [-0.4, -0.2) is 36.2 Å². The molecule has 0 radical (unpaired) electrons. The molecule has 0 aromatic heterocycles. The maximum atomic E-state index is 11.0. The normalized spacial score (nSPS) is 30.8. The molecule has 0 aromatic rings. The summed E-state index contributed by atoms with van der Waals surface area (Å²) in [5, 5.41) is 0. The van der Waals surface area contributed by atoms with E-state index in [4.69, 9.17) is 9.47 Å². The fourth-order valence-electron chi connectivity index (χ4n) is 1.97. The summed E-state index contributed by atoms with van der Waals surface area (Å²) in [6.45, 7) is 3.92. The Bertz CT molecular complexity index is 360. The summed E-state index contributed by atoms with van der Waals surface area (Å²) in [6.07, 6.45) is 0.909. The van der Waals surface area contributed by atoms with Gasteiger partial charge in [0.05, 0.1) is 17.5 Å². The van der Waals surface area contributed by atoms with Crippen LogP contribution in [0.4, 0.5) is 0 Å². The molecule has 5 nitrogen and oxygen atoms in total. The van der Waals surface area contributed by atoms with Crippen molar-refractivity contribution in [3.8, 4) is 0 Å². The Morgan fingerprint density at radius 3 is 2.25 bits per heavy atom. The van der Waals surface area contributed by atoms with Crippen LogP contribution in [0, 0.1) is 0 Å². The summed E-state index contributed by atoms with van der Waals surface area (Å²) < 4.78 is 42.8. The molecule has 0 spiro atoms. The summed E-state index contributed by atoms with van der Waals surface area (Å²) in [5.74, 6) is -0.659. The van der Waals surface area contributed by atoms with Gasteiger partial charge in [0.15, 0.2) is 5.79 Å². The molecule has 0 N–H and O–H groups in total. The van der Waals surface area contributed by atoms with Gasteiger partial charge in [-0.05, 0) is 33.1 Å². The third kappa shape index (κ3) is 2.98. The van der Waals surface area contributed by atoms with Crippen molar-refractivity contribution in [1.29, 1.82) is 0 Å². The number of ether oxygens (including phenoxy) is 2. The van der Waals surface area contributed by atoms with E-state index in [1.54, 1.807) is 13.8 Å². The summed E-state index contributed by atoms with van der Waals surface area (Å²) in [6, 6.07) is 0. The van der Waals surface area contributed by atoms with Gasteiger partial charge in [-0.2, -0.15) is 0 Å². The van der Waals surface area contributed by atoms with Crippen LogP contribution in [0.25, 0.3) is 0 Å². The van der Waals surface area contributed by atoms with E-state index in [0.717, 1.165) is 0 Å². The van der Waals surface area contributed by atoms with Crippen LogP contribution in [0.5, 0.6) is 0 Å². The standard InChI is InChI=1S/C9H16O5S.Na/c1-8(2)13-6-7(14-8)5-9(3-4-9)15(10,11)12;/h7H,3-6H2,1-2H3,(H,10,11,12);/q;+1/p-1/t7-;/m1./s1. The van der Waals surface area contributed by atoms with Gasteiger partial charge in [-0.1, -0.05) is 0 Å². The molecule has 2 rings (SSSR count). The zero-order chi connectivity index (χ0) is 11.3. The van der Waals surface area contributed by atoms with E-state index >= 15 is 0 Å². The fraction of sp³-hybridized carbons (Fsp3) is 1.00. The first kappa shape index (κ1) is 14.9. The van der Waals surface area contributed by atoms with Gasteiger partial charge in [0.2, 0.25) is 0 Å². The largest absolute Gasteiger partial charge is 1.00 e. The fourth-order valence-corrected chi connectivity index (χ4v) is 2.97. The molecule has 1 saturated carbocycles. The Hall–Kier alpha value is 0.830. The summed E-state index contributed by atoms with van der Waals surface area (Å²) in [5.41, 5.74) is 0. The molecular formula is C9H15NaO5S. The molecule has 0 aromatic carbocycles. The van der Waals surface area contributed by atoms with Crippen LogP contribution >= 0.6 is 0 Å². The molecule has 1 atom stereocenters. The molecule has 0 amide bonds. The van der Waals surface area contributed by atoms with Gasteiger partial charge < -0.3 is 14.0 Å². The van der Waals surface area contributed by atoms with E-state index in [9.17, 15) is 13.0 Å². The zero-order valence-corrected chi connectivity index (χ0v) is 12.7. The molecule has 1 aliphatic carbocycles. The average Bonchev–Trinajstić information content (AvgIpc) is 2.73. The van der Waals surface area contributed by atoms with Crippen molar-refractivity contribution in [2.75, 3.05) is 6.61 Å². The predicted molar refractivity (Wildman–Crippen MR) is 51.2 cm³/mol. The Balaban J connectivity index is 0.00000128. The zero-order valence-electron chi connectivity index (χ0n) is 9.86.